The Hall–Kier alpha value is -0.860. The van der Waals surface area contributed by atoms with E-state index >= 15 is 0 Å². The van der Waals surface area contributed by atoms with Crippen molar-refractivity contribution in [2.24, 2.45) is 5.73 Å². The molecule has 2 unspecified atom stereocenters. The molecule has 0 aliphatic carbocycles. The molecule has 0 heterocycles. The summed E-state index contributed by atoms with van der Waals surface area (Å²) in [6.07, 6.45) is 0.944. The van der Waals surface area contributed by atoms with Crippen molar-refractivity contribution in [1.82, 2.24) is 0 Å². The lowest BCUT2D eigenvalue weighted by Gasteiger charge is -2.32. The fourth-order valence-electron chi connectivity index (χ4n) is 1.55. The van der Waals surface area contributed by atoms with Gasteiger partial charge in [-0.1, -0.05) is 37.3 Å². The number of ether oxygens (including phenoxy) is 1. The summed E-state index contributed by atoms with van der Waals surface area (Å²) in [4.78, 5) is 0. The SMILES string of the molecule is CCC(C)(C)OC(c1ccccc1)C(C)N. The topological polar surface area (TPSA) is 35.2 Å². The molecule has 2 atom stereocenters. The van der Waals surface area contributed by atoms with E-state index in [4.69, 9.17) is 10.5 Å². The molecule has 2 N–H and O–H groups in total. The average Bonchev–Trinajstić information content (AvgIpc) is 2.27. The van der Waals surface area contributed by atoms with E-state index in [0.29, 0.717) is 0 Å². The zero-order valence-corrected chi connectivity index (χ0v) is 10.7. The first-order chi connectivity index (χ1) is 7.46. The Kier molecular flexibility index (Phi) is 4.51. The van der Waals surface area contributed by atoms with Crippen molar-refractivity contribution in [3.05, 3.63) is 35.9 Å². The number of benzene rings is 1. The Labute approximate surface area is 98.8 Å². The van der Waals surface area contributed by atoms with Crippen molar-refractivity contribution < 1.29 is 4.74 Å². The fraction of sp³-hybridized carbons (Fsp3) is 0.571. The van der Waals surface area contributed by atoms with Crippen LogP contribution in [-0.2, 0) is 4.74 Å². The molecule has 0 spiro atoms. The van der Waals surface area contributed by atoms with Gasteiger partial charge in [-0.25, -0.2) is 0 Å². The molecule has 0 aromatic heterocycles. The Balaban J connectivity index is 2.85. The molecular formula is C14H23NO. The molecule has 2 nitrogen and oxygen atoms in total. The second kappa shape index (κ2) is 5.46. The minimum Gasteiger partial charge on any atom is -0.366 e. The summed E-state index contributed by atoms with van der Waals surface area (Å²) in [7, 11) is 0. The van der Waals surface area contributed by atoms with Crippen LogP contribution in [0, 0.1) is 0 Å². The maximum absolute atomic E-state index is 6.11. The average molecular weight is 221 g/mol. The van der Waals surface area contributed by atoms with Gasteiger partial charge in [-0.15, -0.1) is 0 Å². The van der Waals surface area contributed by atoms with Gasteiger partial charge in [-0.05, 0) is 32.8 Å². The van der Waals surface area contributed by atoms with Crippen molar-refractivity contribution in [2.45, 2.75) is 51.9 Å². The zero-order valence-electron chi connectivity index (χ0n) is 10.7. The third kappa shape index (κ3) is 3.62. The van der Waals surface area contributed by atoms with Crippen molar-refractivity contribution in [3.63, 3.8) is 0 Å². The van der Waals surface area contributed by atoms with E-state index in [1.54, 1.807) is 0 Å². The van der Waals surface area contributed by atoms with Crippen LogP contribution in [0.4, 0.5) is 0 Å². The molecule has 0 fully saturated rings. The summed E-state index contributed by atoms with van der Waals surface area (Å²) in [5, 5.41) is 0. The van der Waals surface area contributed by atoms with Crippen LogP contribution in [0.15, 0.2) is 30.3 Å². The second-order valence-corrected chi connectivity index (χ2v) is 4.92. The van der Waals surface area contributed by atoms with Gasteiger partial charge in [0.1, 0.15) is 0 Å². The molecule has 0 saturated carbocycles. The number of nitrogens with two attached hydrogens (primary N) is 1. The monoisotopic (exact) mass is 221 g/mol. The summed E-state index contributed by atoms with van der Waals surface area (Å²) in [6.45, 7) is 8.32. The Morgan fingerprint density at radius 1 is 1.25 bits per heavy atom. The van der Waals surface area contributed by atoms with E-state index in [2.05, 4.69) is 32.9 Å². The van der Waals surface area contributed by atoms with Gasteiger partial charge in [0.15, 0.2) is 0 Å². The van der Waals surface area contributed by atoms with Gasteiger partial charge in [0.2, 0.25) is 0 Å². The van der Waals surface area contributed by atoms with Crippen LogP contribution >= 0.6 is 0 Å². The molecule has 2 heteroatoms. The van der Waals surface area contributed by atoms with Crippen LogP contribution < -0.4 is 5.73 Å². The van der Waals surface area contributed by atoms with Crippen LogP contribution in [0.3, 0.4) is 0 Å². The lowest BCUT2D eigenvalue weighted by molar-refractivity contribution is -0.0833. The smallest absolute Gasteiger partial charge is 0.0980 e. The lowest BCUT2D eigenvalue weighted by Crippen LogP contribution is -2.34. The summed E-state index contributed by atoms with van der Waals surface area (Å²) < 4.78 is 6.11. The Morgan fingerprint density at radius 2 is 1.81 bits per heavy atom. The predicted octanol–water partition coefficient (Wildman–Crippen LogP) is 3.28. The Bertz CT molecular complexity index is 306. The van der Waals surface area contributed by atoms with E-state index in [0.717, 1.165) is 12.0 Å². The van der Waals surface area contributed by atoms with Crippen LogP contribution in [0.5, 0.6) is 0 Å². The number of hydrogen-bond donors (Lipinski definition) is 1. The van der Waals surface area contributed by atoms with Gasteiger partial charge < -0.3 is 10.5 Å². The van der Waals surface area contributed by atoms with Crippen molar-refractivity contribution in [2.75, 3.05) is 0 Å². The Morgan fingerprint density at radius 3 is 2.25 bits per heavy atom. The normalized spacial score (nSPS) is 15.8. The molecule has 16 heavy (non-hydrogen) atoms. The van der Waals surface area contributed by atoms with Gasteiger partial charge in [0.05, 0.1) is 11.7 Å². The van der Waals surface area contributed by atoms with Crippen molar-refractivity contribution >= 4 is 0 Å². The van der Waals surface area contributed by atoms with Crippen LogP contribution in [0.2, 0.25) is 0 Å². The summed E-state index contributed by atoms with van der Waals surface area (Å²) >= 11 is 0. The molecule has 1 rings (SSSR count). The third-order valence-electron chi connectivity index (χ3n) is 2.90. The highest BCUT2D eigenvalue weighted by molar-refractivity contribution is 5.19. The van der Waals surface area contributed by atoms with Crippen molar-refractivity contribution in [3.8, 4) is 0 Å². The first-order valence-corrected chi connectivity index (χ1v) is 5.94. The van der Waals surface area contributed by atoms with Crippen LogP contribution in [-0.4, -0.2) is 11.6 Å². The van der Waals surface area contributed by atoms with E-state index in [1.807, 2.05) is 25.1 Å². The number of rotatable bonds is 5. The van der Waals surface area contributed by atoms with Gasteiger partial charge in [-0.3, -0.25) is 0 Å². The minimum absolute atomic E-state index is 0.00627. The highest BCUT2D eigenvalue weighted by Crippen LogP contribution is 2.27. The molecule has 0 aliphatic rings. The highest BCUT2D eigenvalue weighted by atomic mass is 16.5. The van der Waals surface area contributed by atoms with E-state index in [1.165, 1.54) is 0 Å². The largest absolute Gasteiger partial charge is 0.366 e. The number of hydrogen-bond acceptors (Lipinski definition) is 2. The quantitative estimate of drug-likeness (QED) is 0.828. The van der Waals surface area contributed by atoms with Crippen LogP contribution in [0.25, 0.3) is 0 Å². The molecule has 0 amide bonds. The molecule has 0 aliphatic heterocycles. The molecule has 0 radical (unpaired) electrons. The minimum atomic E-state index is -0.131. The third-order valence-corrected chi connectivity index (χ3v) is 2.90. The fourth-order valence-corrected chi connectivity index (χ4v) is 1.55. The van der Waals surface area contributed by atoms with Gasteiger partial charge in [-0.2, -0.15) is 0 Å². The zero-order chi connectivity index (χ0) is 12.2. The van der Waals surface area contributed by atoms with Crippen molar-refractivity contribution in [1.29, 1.82) is 0 Å². The lowest BCUT2D eigenvalue weighted by atomic mass is 10.0. The maximum Gasteiger partial charge on any atom is 0.0980 e. The van der Waals surface area contributed by atoms with E-state index in [9.17, 15) is 0 Å². The summed E-state index contributed by atoms with van der Waals surface area (Å²) in [5.74, 6) is 0. The standard InChI is InChI=1S/C14H23NO/c1-5-14(3,4)16-13(11(2)15)12-9-7-6-8-10-12/h6-11,13H,5,15H2,1-4H3. The maximum atomic E-state index is 6.11. The molecule has 1 aromatic rings. The summed E-state index contributed by atoms with van der Waals surface area (Å²) in [6, 6.07) is 10.2. The first-order valence-electron chi connectivity index (χ1n) is 5.94. The van der Waals surface area contributed by atoms with E-state index < -0.39 is 0 Å². The molecular weight excluding hydrogens is 198 g/mol. The first kappa shape index (κ1) is 13.2. The van der Waals surface area contributed by atoms with Gasteiger partial charge in [0, 0.05) is 6.04 Å². The van der Waals surface area contributed by atoms with E-state index in [-0.39, 0.29) is 17.7 Å². The molecule has 0 saturated heterocycles. The molecule has 90 valence electrons. The second-order valence-electron chi connectivity index (χ2n) is 4.92. The predicted molar refractivity (Wildman–Crippen MR) is 68.3 cm³/mol. The van der Waals surface area contributed by atoms with Gasteiger partial charge in [0.25, 0.3) is 0 Å². The highest BCUT2D eigenvalue weighted by Gasteiger charge is 2.25. The van der Waals surface area contributed by atoms with Crippen LogP contribution in [0.1, 0.15) is 45.8 Å². The molecule has 0 bridgehead atoms. The summed E-state index contributed by atoms with van der Waals surface area (Å²) in [5.41, 5.74) is 7.03. The molecule has 1 aromatic carbocycles. The van der Waals surface area contributed by atoms with Gasteiger partial charge >= 0.3 is 0 Å².